The SMILES string of the molecule is NCC(=O)N1CCCC1C(=O)NC(Cc1ccc(O)cc1)C(=O)NC(Cc1ccc(O)cc1)C(=O)O. The molecular weight excluding hydrogens is 468 g/mol. The van der Waals surface area contributed by atoms with Crippen LogP contribution < -0.4 is 16.4 Å². The number of benzene rings is 2. The predicted molar refractivity (Wildman–Crippen MR) is 129 cm³/mol. The third kappa shape index (κ3) is 6.95. The highest BCUT2D eigenvalue weighted by Crippen LogP contribution is 2.18. The van der Waals surface area contributed by atoms with Gasteiger partial charge in [0.2, 0.25) is 17.7 Å². The lowest BCUT2D eigenvalue weighted by molar-refractivity contribution is -0.142. The molecule has 3 unspecified atom stereocenters. The molecule has 1 saturated heterocycles. The summed E-state index contributed by atoms with van der Waals surface area (Å²) in [5.74, 6) is -2.81. The Morgan fingerprint density at radius 2 is 1.42 bits per heavy atom. The molecule has 0 spiro atoms. The van der Waals surface area contributed by atoms with E-state index in [1.165, 1.54) is 29.2 Å². The standard InChI is InChI=1S/C25H30N4O7/c26-14-22(32)29-11-1-2-21(29)24(34)27-19(12-15-3-7-17(30)8-4-15)23(33)28-20(25(35)36)13-16-5-9-18(31)10-6-16/h3-10,19-21,30-31H,1-2,11-14,26H2,(H,27,34)(H,28,33)(H,35,36). The fourth-order valence-electron chi connectivity index (χ4n) is 4.14. The van der Waals surface area contributed by atoms with Gasteiger partial charge in [-0.2, -0.15) is 0 Å². The normalized spacial score (nSPS) is 16.7. The van der Waals surface area contributed by atoms with Crippen LogP contribution in [0.2, 0.25) is 0 Å². The molecule has 11 nitrogen and oxygen atoms in total. The van der Waals surface area contributed by atoms with Crippen molar-refractivity contribution in [2.45, 2.75) is 43.8 Å². The summed E-state index contributed by atoms with van der Waals surface area (Å²) in [7, 11) is 0. The molecule has 0 bridgehead atoms. The number of aliphatic carboxylic acids is 1. The van der Waals surface area contributed by atoms with Crippen LogP contribution in [0.15, 0.2) is 48.5 Å². The van der Waals surface area contributed by atoms with Crippen LogP contribution in [-0.4, -0.2) is 75.1 Å². The van der Waals surface area contributed by atoms with Crippen molar-refractivity contribution in [3.05, 3.63) is 59.7 Å². The minimum atomic E-state index is -1.29. The first-order chi connectivity index (χ1) is 17.2. The van der Waals surface area contributed by atoms with E-state index in [-0.39, 0.29) is 36.8 Å². The molecule has 192 valence electrons. The summed E-state index contributed by atoms with van der Waals surface area (Å²) in [6, 6.07) is 8.79. The number of nitrogens with one attached hydrogen (secondary N) is 2. The zero-order valence-electron chi connectivity index (χ0n) is 19.6. The van der Waals surface area contributed by atoms with Gasteiger partial charge >= 0.3 is 5.97 Å². The van der Waals surface area contributed by atoms with Crippen LogP contribution in [0.3, 0.4) is 0 Å². The third-order valence-corrected chi connectivity index (χ3v) is 6.05. The Kier molecular flexibility index (Phi) is 8.85. The summed E-state index contributed by atoms with van der Waals surface area (Å²) in [6.45, 7) is 0.148. The van der Waals surface area contributed by atoms with Crippen molar-refractivity contribution in [3.63, 3.8) is 0 Å². The molecule has 11 heteroatoms. The van der Waals surface area contributed by atoms with Gasteiger partial charge in [-0.1, -0.05) is 24.3 Å². The molecule has 3 atom stereocenters. The van der Waals surface area contributed by atoms with E-state index in [4.69, 9.17) is 5.73 Å². The maximum atomic E-state index is 13.2. The molecule has 36 heavy (non-hydrogen) atoms. The lowest BCUT2D eigenvalue weighted by Gasteiger charge is -2.27. The second kappa shape index (κ2) is 12.0. The fourth-order valence-corrected chi connectivity index (χ4v) is 4.14. The lowest BCUT2D eigenvalue weighted by atomic mass is 10.0. The van der Waals surface area contributed by atoms with Crippen LogP contribution in [0.5, 0.6) is 11.5 Å². The molecule has 0 aliphatic carbocycles. The first-order valence-electron chi connectivity index (χ1n) is 11.6. The topological polar surface area (TPSA) is 182 Å². The Labute approximate surface area is 207 Å². The molecular formula is C25H30N4O7. The number of carboxylic acid groups (broad SMARTS) is 1. The van der Waals surface area contributed by atoms with Crippen molar-refractivity contribution in [1.82, 2.24) is 15.5 Å². The maximum Gasteiger partial charge on any atom is 0.326 e. The third-order valence-electron chi connectivity index (χ3n) is 6.05. The predicted octanol–water partition coefficient (Wildman–Crippen LogP) is -0.113. The van der Waals surface area contributed by atoms with Gasteiger partial charge in [-0.25, -0.2) is 4.79 Å². The lowest BCUT2D eigenvalue weighted by Crippen LogP contribution is -2.56. The molecule has 1 aliphatic rings. The molecule has 2 aromatic carbocycles. The van der Waals surface area contributed by atoms with Crippen molar-refractivity contribution in [2.24, 2.45) is 5.73 Å². The number of likely N-dealkylation sites (tertiary alicyclic amines) is 1. The van der Waals surface area contributed by atoms with Gasteiger partial charge in [-0.05, 0) is 48.2 Å². The van der Waals surface area contributed by atoms with E-state index >= 15 is 0 Å². The van der Waals surface area contributed by atoms with Crippen molar-refractivity contribution in [3.8, 4) is 11.5 Å². The maximum absolute atomic E-state index is 13.2. The van der Waals surface area contributed by atoms with E-state index < -0.39 is 35.9 Å². The zero-order chi connectivity index (χ0) is 26.2. The van der Waals surface area contributed by atoms with Crippen molar-refractivity contribution < 1.29 is 34.5 Å². The van der Waals surface area contributed by atoms with E-state index in [1.54, 1.807) is 24.3 Å². The van der Waals surface area contributed by atoms with Crippen LogP contribution in [0.25, 0.3) is 0 Å². The Morgan fingerprint density at radius 1 is 0.889 bits per heavy atom. The number of nitrogens with zero attached hydrogens (tertiary/aromatic N) is 1. The second-order valence-electron chi connectivity index (χ2n) is 8.65. The highest BCUT2D eigenvalue weighted by atomic mass is 16.4. The minimum absolute atomic E-state index is 0.0282. The average Bonchev–Trinajstić information content (AvgIpc) is 3.35. The quantitative estimate of drug-likeness (QED) is 0.262. The molecule has 7 N–H and O–H groups in total. The first-order valence-corrected chi connectivity index (χ1v) is 11.6. The van der Waals surface area contributed by atoms with Crippen LogP contribution in [0.1, 0.15) is 24.0 Å². The van der Waals surface area contributed by atoms with E-state index in [0.29, 0.717) is 30.5 Å². The fraction of sp³-hybridized carbons (Fsp3) is 0.360. The van der Waals surface area contributed by atoms with Crippen LogP contribution >= 0.6 is 0 Å². The smallest absolute Gasteiger partial charge is 0.326 e. The number of rotatable bonds is 10. The molecule has 1 aliphatic heterocycles. The number of hydrogen-bond acceptors (Lipinski definition) is 7. The van der Waals surface area contributed by atoms with Crippen LogP contribution in [0, 0.1) is 0 Å². The summed E-state index contributed by atoms with van der Waals surface area (Å²) in [5, 5.41) is 33.8. The van der Waals surface area contributed by atoms with Gasteiger partial charge < -0.3 is 36.6 Å². The van der Waals surface area contributed by atoms with Gasteiger partial charge in [0.1, 0.15) is 29.6 Å². The van der Waals surface area contributed by atoms with Gasteiger partial charge in [-0.3, -0.25) is 14.4 Å². The Hall–Kier alpha value is -4.12. The summed E-state index contributed by atoms with van der Waals surface area (Å²) < 4.78 is 0. The number of carboxylic acids is 1. The van der Waals surface area contributed by atoms with Gasteiger partial charge in [0.15, 0.2) is 0 Å². The molecule has 1 fully saturated rings. The van der Waals surface area contributed by atoms with Crippen molar-refractivity contribution in [1.29, 1.82) is 0 Å². The van der Waals surface area contributed by atoms with Gasteiger partial charge in [0, 0.05) is 19.4 Å². The van der Waals surface area contributed by atoms with E-state index in [1.807, 2.05) is 0 Å². The molecule has 3 amide bonds. The Balaban J connectivity index is 1.78. The molecule has 2 aromatic rings. The monoisotopic (exact) mass is 498 g/mol. The van der Waals surface area contributed by atoms with Crippen molar-refractivity contribution in [2.75, 3.05) is 13.1 Å². The van der Waals surface area contributed by atoms with Crippen LogP contribution in [0.4, 0.5) is 0 Å². The number of nitrogens with two attached hydrogens (primary N) is 1. The Morgan fingerprint density at radius 3 is 1.92 bits per heavy atom. The van der Waals surface area contributed by atoms with Crippen molar-refractivity contribution >= 4 is 23.7 Å². The largest absolute Gasteiger partial charge is 0.508 e. The number of aromatic hydroxyl groups is 2. The molecule has 0 saturated carbocycles. The van der Waals surface area contributed by atoms with Crippen LogP contribution in [-0.2, 0) is 32.0 Å². The number of carbonyl (C=O) groups excluding carboxylic acids is 3. The van der Waals surface area contributed by atoms with E-state index in [9.17, 15) is 34.5 Å². The molecule has 1 heterocycles. The van der Waals surface area contributed by atoms with E-state index in [0.717, 1.165) is 0 Å². The summed E-state index contributed by atoms with van der Waals surface area (Å²) in [4.78, 5) is 51.7. The summed E-state index contributed by atoms with van der Waals surface area (Å²) >= 11 is 0. The molecule has 0 aromatic heterocycles. The molecule has 3 rings (SSSR count). The minimum Gasteiger partial charge on any atom is -0.508 e. The number of phenols is 2. The summed E-state index contributed by atoms with van der Waals surface area (Å²) in [6.07, 6.45) is 1.03. The number of phenolic OH excluding ortho intramolecular Hbond substituents is 2. The van der Waals surface area contributed by atoms with E-state index in [2.05, 4.69) is 10.6 Å². The molecule has 0 radical (unpaired) electrons. The van der Waals surface area contributed by atoms with Gasteiger partial charge in [0.25, 0.3) is 0 Å². The zero-order valence-corrected chi connectivity index (χ0v) is 19.6. The van der Waals surface area contributed by atoms with Gasteiger partial charge in [0.05, 0.1) is 6.54 Å². The number of hydrogen-bond donors (Lipinski definition) is 6. The number of amides is 3. The van der Waals surface area contributed by atoms with Gasteiger partial charge in [-0.15, -0.1) is 0 Å². The Bertz CT molecular complexity index is 1090. The summed E-state index contributed by atoms with van der Waals surface area (Å²) in [5.41, 5.74) is 6.67. The first kappa shape index (κ1) is 26.5. The average molecular weight is 499 g/mol. The highest BCUT2D eigenvalue weighted by Gasteiger charge is 2.36. The highest BCUT2D eigenvalue weighted by molar-refractivity contribution is 5.94. The second-order valence-corrected chi connectivity index (χ2v) is 8.65. The number of carbonyl (C=O) groups is 4.